The molecule has 0 saturated heterocycles. The van der Waals surface area contributed by atoms with Crippen LogP contribution in [-0.4, -0.2) is 17.1 Å². The van der Waals surface area contributed by atoms with Gasteiger partial charge in [0.05, 0.1) is 5.54 Å². The molecule has 0 unspecified atom stereocenters. The molecule has 1 fully saturated rings. The molecule has 3 N–H and O–H groups in total. The summed E-state index contributed by atoms with van der Waals surface area (Å²) in [6.07, 6.45) is 5.42. The van der Waals surface area contributed by atoms with Crippen molar-refractivity contribution in [1.29, 1.82) is 0 Å². The normalized spacial score (nSPS) is 18.7. The van der Waals surface area contributed by atoms with Crippen LogP contribution >= 0.6 is 0 Å². The van der Waals surface area contributed by atoms with E-state index in [0.717, 1.165) is 5.82 Å². The van der Waals surface area contributed by atoms with Gasteiger partial charge in [0.1, 0.15) is 5.82 Å². The van der Waals surface area contributed by atoms with Crippen molar-refractivity contribution < 1.29 is 0 Å². The molecule has 0 amide bonds. The van der Waals surface area contributed by atoms with E-state index in [2.05, 4.69) is 23.3 Å². The van der Waals surface area contributed by atoms with E-state index in [1.807, 2.05) is 12.3 Å². The first-order chi connectivity index (χ1) is 6.76. The van der Waals surface area contributed by atoms with Crippen LogP contribution in [0.2, 0.25) is 0 Å². The Morgan fingerprint density at radius 3 is 2.86 bits per heavy atom. The molecule has 0 spiro atoms. The third-order valence-electron chi connectivity index (χ3n) is 3.09. The summed E-state index contributed by atoms with van der Waals surface area (Å²) in [6, 6.07) is 4.02. The first-order valence-corrected chi connectivity index (χ1v) is 5.16. The molecule has 1 heterocycles. The summed E-state index contributed by atoms with van der Waals surface area (Å²) in [7, 11) is 0. The quantitative estimate of drug-likeness (QED) is 0.764. The van der Waals surface area contributed by atoms with Crippen molar-refractivity contribution >= 4 is 5.82 Å². The SMILES string of the molecule is Cc1cccnc1NC1(CN)CCC1. The summed E-state index contributed by atoms with van der Waals surface area (Å²) in [5.41, 5.74) is 7.09. The van der Waals surface area contributed by atoms with Crippen LogP contribution in [-0.2, 0) is 0 Å². The maximum Gasteiger partial charge on any atom is 0.129 e. The third kappa shape index (κ3) is 1.60. The van der Waals surface area contributed by atoms with E-state index in [1.54, 1.807) is 0 Å². The van der Waals surface area contributed by atoms with Crippen LogP contribution < -0.4 is 11.1 Å². The zero-order valence-corrected chi connectivity index (χ0v) is 8.59. The Kier molecular flexibility index (Phi) is 2.42. The molecule has 0 aliphatic heterocycles. The van der Waals surface area contributed by atoms with E-state index >= 15 is 0 Å². The summed E-state index contributed by atoms with van der Waals surface area (Å²) in [5, 5.41) is 3.47. The standard InChI is InChI=1S/C11H17N3/c1-9-4-2-7-13-10(9)14-11(8-12)5-3-6-11/h2,4,7H,3,5-6,8,12H2,1H3,(H,13,14). The fourth-order valence-electron chi connectivity index (χ4n) is 1.85. The summed E-state index contributed by atoms with van der Waals surface area (Å²) in [6.45, 7) is 2.77. The van der Waals surface area contributed by atoms with E-state index in [4.69, 9.17) is 5.73 Å². The fourth-order valence-corrected chi connectivity index (χ4v) is 1.85. The second-order valence-corrected chi connectivity index (χ2v) is 4.13. The predicted molar refractivity (Wildman–Crippen MR) is 58.2 cm³/mol. The van der Waals surface area contributed by atoms with Gasteiger partial charge < -0.3 is 11.1 Å². The highest BCUT2D eigenvalue weighted by atomic mass is 15.1. The number of pyridine rings is 1. The molecule has 76 valence electrons. The maximum absolute atomic E-state index is 5.78. The number of nitrogens with two attached hydrogens (primary N) is 1. The van der Waals surface area contributed by atoms with Gasteiger partial charge in [0.25, 0.3) is 0 Å². The average molecular weight is 191 g/mol. The molecule has 3 nitrogen and oxygen atoms in total. The van der Waals surface area contributed by atoms with Crippen molar-refractivity contribution in [2.75, 3.05) is 11.9 Å². The van der Waals surface area contributed by atoms with Gasteiger partial charge in [-0.2, -0.15) is 0 Å². The van der Waals surface area contributed by atoms with Gasteiger partial charge in [-0.3, -0.25) is 0 Å². The van der Waals surface area contributed by atoms with Crippen LogP contribution in [0.25, 0.3) is 0 Å². The van der Waals surface area contributed by atoms with E-state index in [9.17, 15) is 0 Å². The average Bonchev–Trinajstić information content (AvgIpc) is 2.14. The Bertz CT molecular complexity index is 313. The Morgan fingerprint density at radius 2 is 2.36 bits per heavy atom. The van der Waals surface area contributed by atoms with Crippen LogP contribution in [0.4, 0.5) is 5.82 Å². The summed E-state index contributed by atoms with van der Waals surface area (Å²) < 4.78 is 0. The molecule has 0 atom stereocenters. The smallest absolute Gasteiger partial charge is 0.129 e. The molecule has 0 radical (unpaired) electrons. The van der Waals surface area contributed by atoms with Crippen molar-refractivity contribution in [2.45, 2.75) is 31.7 Å². The molecule has 2 rings (SSSR count). The molecule has 1 aromatic heterocycles. The Hall–Kier alpha value is -1.09. The highest BCUT2D eigenvalue weighted by Gasteiger charge is 2.35. The molecule has 3 heteroatoms. The minimum atomic E-state index is 0.124. The fraction of sp³-hybridized carbons (Fsp3) is 0.545. The van der Waals surface area contributed by atoms with E-state index in [-0.39, 0.29) is 5.54 Å². The summed E-state index contributed by atoms with van der Waals surface area (Å²) in [5.74, 6) is 0.984. The first-order valence-electron chi connectivity index (χ1n) is 5.16. The molecular weight excluding hydrogens is 174 g/mol. The van der Waals surface area contributed by atoms with Crippen molar-refractivity contribution in [1.82, 2.24) is 4.98 Å². The van der Waals surface area contributed by atoms with E-state index < -0.39 is 0 Å². The van der Waals surface area contributed by atoms with Gasteiger partial charge >= 0.3 is 0 Å². The highest BCUT2D eigenvalue weighted by Crippen LogP contribution is 2.34. The molecule has 14 heavy (non-hydrogen) atoms. The van der Waals surface area contributed by atoms with Gasteiger partial charge in [0.2, 0.25) is 0 Å². The van der Waals surface area contributed by atoms with Crippen molar-refractivity contribution in [2.24, 2.45) is 5.73 Å². The van der Waals surface area contributed by atoms with Crippen LogP contribution in [0.1, 0.15) is 24.8 Å². The van der Waals surface area contributed by atoms with Gasteiger partial charge in [-0.1, -0.05) is 6.07 Å². The van der Waals surface area contributed by atoms with Crippen molar-refractivity contribution in [3.8, 4) is 0 Å². The zero-order valence-electron chi connectivity index (χ0n) is 8.59. The number of hydrogen-bond donors (Lipinski definition) is 2. The number of rotatable bonds is 3. The molecule has 1 aromatic rings. The van der Waals surface area contributed by atoms with Crippen LogP contribution in [0.5, 0.6) is 0 Å². The minimum absolute atomic E-state index is 0.124. The molecule has 1 saturated carbocycles. The monoisotopic (exact) mass is 191 g/mol. The highest BCUT2D eigenvalue weighted by molar-refractivity contribution is 5.45. The second kappa shape index (κ2) is 3.58. The van der Waals surface area contributed by atoms with Gasteiger partial charge in [-0.15, -0.1) is 0 Å². The number of anilines is 1. The number of hydrogen-bond acceptors (Lipinski definition) is 3. The van der Waals surface area contributed by atoms with Gasteiger partial charge in [-0.05, 0) is 37.8 Å². The van der Waals surface area contributed by atoms with Crippen molar-refractivity contribution in [3.05, 3.63) is 23.9 Å². The molecule has 0 bridgehead atoms. The predicted octanol–water partition coefficient (Wildman–Crippen LogP) is 1.68. The van der Waals surface area contributed by atoms with Gasteiger partial charge in [0, 0.05) is 12.7 Å². The Balaban J connectivity index is 2.13. The van der Waals surface area contributed by atoms with Crippen LogP contribution in [0.3, 0.4) is 0 Å². The number of aryl methyl sites for hydroxylation is 1. The molecular formula is C11H17N3. The van der Waals surface area contributed by atoms with Gasteiger partial charge in [-0.25, -0.2) is 4.98 Å². The minimum Gasteiger partial charge on any atom is -0.363 e. The van der Waals surface area contributed by atoms with Crippen LogP contribution in [0, 0.1) is 6.92 Å². The number of nitrogens with one attached hydrogen (secondary N) is 1. The lowest BCUT2D eigenvalue weighted by molar-refractivity contribution is 0.286. The lowest BCUT2D eigenvalue weighted by Gasteiger charge is -2.42. The number of nitrogens with zero attached hydrogens (tertiary/aromatic N) is 1. The Labute approximate surface area is 84.7 Å². The molecule has 1 aliphatic rings. The lowest BCUT2D eigenvalue weighted by atomic mass is 9.77. The second-order valence-electron chi connectivity index (χ2n) is 4.13. The van der Waals surface area contributed by atoms with E-state index in [1.165, 1.54) is 24.8 Å². The molecule has 1 aliphatic carbocycles. The summed E-state index contributed by atoms with van der Waals surface area (Å²) in [4.78, 5) is 4.33. The third-order valence-corrected chi connectivity index (χ3v) is 3.09. The van der Waals surface area contributed by atoms with Crippen LogP contribution in [0.15, 0.2) is 18.3 Å². The maximum atomic E-state index is 5.78. The Morgan fingerprint density at radius 1 is 1.57 bits per heavy atom. The summed E-state index contributed by atoms with van der Waals surface area (Å²) >= 11 is 0. The first kappa shape index (κ1) is 9.46. The number of aromatic nitrogens is 1. The molecule has 0 aromatic carbocycles. The van der Waals surface area contributed by atoms with Gasteiger partial charge in [0.15, 0.2) is 0 Å². The van der Waals surface area contributed by atoms with Crippen molar-refractivity contribution in [3.63, 3.8) is 0 Å². The largest absolute Gasteiger partial charge is 0.363 e. The van der Waals surface area contributed by atoms with E-state index in [0.29, 0.717) is 6.54 Å². The zero-order chi connectivity index (χ0) is 10.0. The lowest BCUT2D eigenvalue weighted by Crippen LogP contribution is -2.51. The topological polar surface area (TPSA) is 50.9 Å².